The van der Waals surface area contributed by atoms with E-state index < -0.39 is 0 Å². The average molecular weight is 310 g/mol. The summed E-state index contributed by atoms with van der Waals surface area (Å²) in [5.74, 6) is 1.05. The molecule has 2 aromatic carbocycles. The molecule has 0 bridgehead atoms. The van der Waals surface area contributed by atoms with Crippen molar-refractivity contribution in [2.45, 2.75) is 58.8 Å². The number of hydrogen-bond donors (Lipinski definition) is 2. The summed E-state index contributed by atoms with van der Waals surface area (Å²) in [5, 5.41) is 0. The molecule has 23 heavy (non-hydrogen) atoms. The lowest BCUT2D eigenvalue weighted by Gasteiger charge is -2.20. The van der Waals surface area contributed by atoms with E-state index in [4.69, 9.17) is 11.5 Å². The first-order valence-electron chi connectivity index (χ1n) is 8.72. The molecule has 0 saturated carbocycles. The first-order chi connectivity index (χ1) is 11.0. The third kappa shape index (κ3) is 4.07. The van der Waals surface area contributed by atoms with Gasteiger partial charge in [-0.2, -0.15) is 0 Å². The van der Waals surface area contributed by atoms with Gasteiger partial charge in [-0.1, -0.05) is 39.8 Å². The Hall–Kier alpha value is -1.96. The summed E-state index contributed by atoms with van der Waals surface area (Å²) in [6.45, 7) is 9.00. The lowest BCUT2D eigenvalue weighted by molar-refractivity contribution is 0.716. The molecule has 2 rings (SSSR count). The van der Waals surface area contributed by atoms with Crippen LogP contribution >= 0.6 is 0 Å². The molecule has 2 heteroatoms. The van der Waals surface area contributed by atoms with Crippen LogP contribution in [0, 0.1) is 0 Å². The van der Waals surface area contributed by atoms with Gasteiger partial charge in [-0.3, -0.25) is 0 Å². The minimum Gasteiger partial charge on any atom is -0.399 e. The molecule has 0 aromatic heterocycles. The van der Waals surface area contributed by atoms with Gasteiger partial charge in [-0.15, -0.1) is 0 Å². The highest BCUT2D eigenvalue weighted by Crippen LogP contribution is 2.31. The van der Waals surface area contributed by atoms with Gasteiger partial charge < -0.3 is 11.5 Å². The van der Waals surface area contributed by atoms with E-state index in [2.05, 4.69) is 52.0 Å². The maximum atomic E-state index is 6.02. The molecule has 0 amide bonds. The van der Waals surface area contributed by atoms with Crippen LogP contribution in [0.4, 0.5) is 11.4 Å². The molecule has 0 heterocycles. The van der Waals surface area contributed by atoms with Gasteiger partial charge in [0.1, 0.15) is 0 Å². The van der Waals surface area contributed by atoms with Gasteiger partial charge in [-0.05, 0) is 77.6 Å². The van der Waals surface area contributed by atoms with Gasteiger partial charge in [-0.25, -0.2) is 0 Å². The Labute approximate surface area is 140 Å². The Bertz CT molecular complexity index is 603. The largest absolute Gasteiger partial charge is 0.399 e. The van der Waals surface area contributed by atoms with E-state index in [9.17, 15) is 0 Å². The second kappa shape index (κ2) is 7.54. The fourth-order valence-electron chi connectivity index (χ4n) is 3.11. The zero-order chi connectivity index (χ0) is 17.0. The van der Waals surface area contributed by atoms with Crippen LogP contribution in [0.5, 0.6) is 0 Å². The number of rotatable bonds is 6. The zero-order valence-electron chi connectivity index (χ0n) is 14.9. The van der Waals surface area contributed by atoms with Crippen LogP contribution in [0.2, 0.25) is 0 Å². The lowest BCUT2D eigenvalue weighted by Crippen LogP contribution is -2.05. The van der Waals surface area contributed by atoms with E-state index >= 15 is 0 Å². The number of nitrogens with two attached hydrogens (primary N) is 2. The van der Waals surface area contributed by atoms with Crippen molar-refractivity contribution in [3.8, 4) is 0 Å². The maximum Gasteiger partial charge on any atom is 0.0317 e. The molecule has 0 aliphatic rings. The van der Waals surface area contributed by atoms with Crippen molar-refractivity contribution in [1.29, 1.82) is 0 Å². The first-order valence-corrected chi connectivity index (χ1v) is 8.72. The Kier molecular flexibility index (Phi) is 5.70. The van der Waals surface area contributed by atoms with E-state index in [1.54, 1.807) is 0 Å². The van der Waals surface area contributed by atoms with Crippen LogP contribution in [0.25, 0.3) is 0 Å². The summed E-state index contributed by atoms with van der Waals surface area (Å²) in [6.07, 6.45) is 3.19. The van der Waals surface area contributed by atoms with Crippen molar-refractivity contribution in [2.75, 3.05) is 11.5 Å². The molecule has 0 aliphatic carbocycles. The van der Waals surface area contributed by atoms with Gasteiger partial charge in [0.25, 0.3) is 0 Å². The standard InChI is InChI=1S/C21H30N2/c1-5-14(3)20-12-18(22)9-7-16(20)11-17-8-10-19(23)13-21(17)15(4)6-2/h7-10,12-15H,5-6,11,22-23H2,1-4H3. The smallest absolute Gasteiger partial charge is 0.0317 e. The van der Waals surface area contributed by atoms with Gasteiger partial charge in [0.2, 0.25) is 0 Å². The monoisotopic (exact) mass is 310 g/mol. The minimum absolute atomic E-state index is 0.523. The van der Waals surface area contributed by atoms with Crippen LogP contribution in [0.15, 0.2) is 36.4 Å². The summed E-state index contributed by atoms with van der Waals surface area (Å²) in [6, 6.07) is 12.7. The normalized spacial score (nSPS) is 13.7. The molecule has 2 atom stereocenters. The van der Waals surface area contributed by atoms with E-state index in [1.165, 1.54) is 22.3 Å². The van der Waals surface area contributed by atoms with Crippen LogP contribution in [-0.2, 0) is 6.42 Å². The molecule has 124 valence electrons. The highest BCUT2D eigenvalue weighted by molar-refractivity contribution is 5.51. The Morgan fingerprint density at radius 3 is 1.48 bits per heavy atom. The lowest BCUT2D eigenvalue weighted by atomic mass is 9.86. The van der Waals surface area contributed by atoms with Crippen molar-refractivity contribution in [1.82, 2.24) is 0 Å². The van der Waals surface area contributed by atoms with Gasteiger partial charge in [0.15, 0.2) is 0 Å². The molecule has 2 aromatic rings. The van der Waals surface area contributed by atoms with E-state index in [0.717, 1.165) is 30.6 Å². The topological polar surface area (TPSA) is 52.0 Å². The highest BCUT2D eigenvalue weighted by Gasteiger charge is 2.14. The van der Waals surface area contributed by atoms with Crippen molar-refractivity contribution in [3.63, 3.8) is 0 Å². The minimum atomic E-state index is 0.523. The molecule has 2 nitrogen and oxygen atoms in total. The average Bonchev–Trinajstić information content (AvgIpc) is 2.56. The fraction of sp³-hybridized carbons (Fsp3) is 0.429. The van der Waals surface area contributed by atoms with Crippen LogP contribution in [-0.4, -0.2) is 0 Å². The second-order valence-electron chi connectivity index (χ2n) is 6.71. The summed E-state index contributed by atoms with van der Waals surface area (Å²) >= 11 is 0. The van der Waals surface area contributed by atoms with E-state index in [0.29, 0.717) is 11.8 Å². The van der Waals surface area contributed by atoms with Crippen LogP contribution in [0.1, 0.15) is 74.6 Å². The fourth-order valence-corrected chi connectivity index (χ4v) is 3.11. The molecule has 2 unspecified atom stereocenters. The Morgan fingerprint density at radius 2 is 1.13 bits per heavy atom. The molecule has 0 saturated heterocycles. The number of nitrogen functional groups attached to an aromatic ring is 2. The third-order valence-electron chi connectivity index (χ3n) is 5.01. The molecule has 0 aliphatic heterocycles. The van der Waals surface area contributed by atoms with E-state index in [-0.39, 0.29) is 0 Å². The van der Waals surface area contributed by atoms with Gasteiger partial charge >= 0.3 is 0 Å². The van der Waals surface area contributed by atoms with Crippen molar-refractivity contribution >= 4 is 11.4 Å². The Morgan fingerprint density at radius 1 is 0.739 bits per heavy atom. The first kappa shape index (κ1) is 17.4. The highest BCUT2D eigenvalue weighted by atomic mass is 14.5. The maximum absolute atomic E-state index is 6.02. The predicted molar refractivity (Wildman–Crippen MR) is 102 cm³/mol. The van der Waals surface area contributed by atoms with Gasteiger partial charge in [0, 0.05) is 11.4 Å². The molecule has 4 N–H and O–H groups in total. The summed E-state index contributed by atoms with van der Waals surface area (Å²) in [4.78, 5) is 0. The molecule has 0 radical (unpaired) electrons. The zero-order valence-corrected chi connectivity index (χ0v) is 14.9. The molecule has 0 fully saturated rings. The molecular weight excluding hydrogens is 280 g/mol. The van der Waals surface area contributed by atoms with Crippen molar-refractivity contribution in [2.24, 2.45) is 0 Å². The van der Waals surface area contributed by atoms with Crippen LogP contribution < -0.4 is 11.5 Å². The predicted octanol–water partition coefficient (Wildman–Crippen LogP) is 5.47. The number of anilines is 2. The van der Waals surface area contributed by atoms with Crippen molar-refractivity contribution < 1.29 is 0 Å². The van der Waals surface area contributed by atoms with E-state index in [1.807, 2.05) is 12.1 Å². The summed E-state index contributed by atoms with van der Waals surface area (Å²) in [5.41, 5.74) is 19.2. The second-order valence-corrected chi connectivity index (χ2v) is 6.71. The molecule has 0 spiro atoms. The molecular formula is C21H30N2. The number of benzene rings is 2. The summed E-state index contributed by atoms with van der Waals surface area (Å²) < 4.78 is 0. The van der Waals surface area contributed by atoms with Gasteiger partial charge in [0.05, 0.1) is 0 Å². The van der Waals surface area contributed by atoms with Crippen LogP contribution in [0.3, 0.4) is 0 Å². The SMILES string of the molecule is CCC(C)c1cc(N)ccc1Cc1ccc(N)cc1C(C)CC. The summed E-state index contributed by atoms with van der Waals surface area (Å²) in [7, 11) is 0. The van der Waals surface area contributed by atoms with Crippen molar-refractivity contribution in [3.05, 3.63) is 58.7 Å². The third-order valence-corrected chi connectivity index (χ3v) is 5.01. The Balaban J connectivity index is 2.43. The number of hydrogen-bond acceptors (Lipinski definition) is 2. The quantitative estimate of drug-likeness (QED) is 0.695.